The van der Waals surface area contributed by atoms with Crippen molar-refractivity contribution < 1.29 is 27.9 Å². The minimum Gasteiger partial charge on any atom is -0.481 e. The van der Waals surface area contributed by atoms with Gasteiger partial charge in [0.2, 0.25) is 5.91 Å². The third-order valence-electron chi connectivity index (χ3n) is 4.92. The van der Waals surface area contributed by atoms with Gasteiger partial charge in [-0.15, -0.1) is 0 Å². The lowest BCUT2D eigenvalue weighted by atomic mass is 9.80. The molecule has 1 saturated carbocycles. The molecular weight excluding hydrogens is 299 g/mol. The van der Waals surface area contributed by atoms with Crippen molar-refractivity contribution in [1.29, 1.82) is 0 Å². The van der Waals surface area contributed by atoms with Gasteiger partial charge in [0, 0.05) is 19.5 Å². The van der Waals surface area contributed by atoms with Crippen LogP contribution in [0.5, 0.6) is 0 Å². The fourth-order valence-corrected chi connectivity index (χ4v) is 3.71. The number of hydrogen-bond donors (Lipinski definition) is 1. The Kier molecular flexibility index (Phi) is 5.02. The van der Waals surface area contributed by atoms with Crippen molar-refractivity contribution in [2.45, 2.75) is 45.2 Å². The third kappa shape index (κ3) is 3.93. The van der Waals surface area contributed by atoms with Crippen LogP contribution >= 0.6 is 0 Å². The van der Waals surface area contributed by atoms with Gasteiger partial charge >= 0.3 is 12.1 Å². The number of alkyl halides is 3. The molecule has 0 bridgehead atoms. The van der Waals surface area contributed by atoms with Crippen molar-refractivity contribution in [3.63, 3.8) is 0 Å². The van der Waals surface area contributed by atoms with Crippen molar-refractivity contribution in [2.24, 2.45) is 23.7 Å². The van der Waals surface area contributed by atoms with E-state index in [9.17, 15) is 22.8 Å². The summed E-state index contributed by atoms with van der Waals surface area (Å²) in [7, 11) is 0. The van der Waals surface area contributed by atoms with E-state index in [1.54, 1.807) is 0 Å². The molecule has 1 aliphatic carbocycles. The van der Waals surface area contributed by atoms with Crippen LogP contribution in [0.4, 0.5) is 13.2 Å². The standard InChI is InChI=1S/C15H22F3NO3/c1-9-3-2-4-10(5-9)6-13(20)19-7-11(14(21)22)12(8-19)15(16,17)18/h9-12H,2-8H2,1H3,(H,21,22)/t9?,10?,11-,12-/m1/s1. The zero-order valence-electron chi connectivity index (χ0n) is 12.6. The van der Waals surface area contributed by atoms with Crippen LogP contribution in [0.25, 0.3) is 0 Å². The van der Waals surface area contributed by atoms with Gasteiger partial charge in [-0.05, 0) is 24.7 Å². The maximum absolute atomic E-state index is 12.9. The Bertz CT molecular complexity index is 438. The molecule has 7 heteroatoms. The van der Waals surface area contributed by atoms with Gasteiger partial charge < -0.3 is 10.0 Å². The Morgan fingerprint density at radius 2 is 1.91 bits per heavy atom. The summed E-state index contributed by atoms with van der Waals surface area (Å²) < 4.78 is 38.7. The molecule has 1 amide bonds. The summed E-state index contributed by atoms with van der Waals surface area (Å²) in [6.07, 6.45) is -0.327. The first-order chi connectivity index (χ1) is 10.2. The summed E-state index contributed by atoms with van der Waals surface area (Å²) in [5.74, 6) is -4.57. The lowest BCUT2D eigenvalue weighted by Crippen LogP contribution is -2.34. The average molecular weight is 321 g/mol. The Morgan fingerprint density at radius 3 is 2.41 bits per heavy atom. The highest BCUT2D eigenvalue weighted by Gasteiger charge is 2.53. The van der Waals surface area contributed by atoms with Crippen LogP contribution in [-0.4, -0.2) is 41.1 Å². The first-order valence-electron chi connectivity index (χ1n) is 7.75. The van der Waals surface area contributed by atoms with Gasteiger partial charge in [-0.2, -0.15) is 13.2 Å². The van der Waals surface area contributed by atoms with E-state index in [0.717, 1.165) is 30.6 Å². The van der Waals surface area contributed by atoms with E-state index in [-0.39, 0.29) is 24.8 Å². The Balaban J connectivity index is 1.97. The predicted octanol–water partition coefficient (Wildman–Crippen LogP) is 2.92. The second kappa shape index (κ2) is 6.46. The highest BCUT2D eigenvalue weighted by molar-refractivity contribution is 5.79. The molecule has 22 heavy (non-hydrogen) atoms. The summed E-state index contributed by atoms with van der Waals surface area (Å²) >= 11 is 0. The Hall–Kier alpha value is -1.27. The highest BCUT2D eigenvalue weighted by Crippen LogP contribution is 2.38. The number of nitrogens with zero attached hydrogens (tertiary/aromatic N) is 1. The summed E-state index contributed by atoms with van der Waals surface area (Å²) in [5.41, 5.74) is 0. The molecular formula is C15H22F3NO3. The van der Waals surface area contributed by atoms with Crippen molar-refractivity contribution in [2.75, 3.05) is 13.1 Å². The SMILES string of the molecule is CC1CCCC(CC(=O)N2C[C@@H](C(F)(F)F)[C@H](C(=O)O)C2)C1. The second-order valence-electron chi connectivity index (χ2n) is 6.73. The summed E-state index contributed by atoms with van der Waals surface area (Å²) in [5, 5.41) is 8.96. The molecule has 2 unspecified atom stereocenters. The molecule has 126 valence electrons. The number of carboxylic acids is 1. The van der Waals surface area contributed by atoms with Crippen LogP contribution < -0.4 is 0 Å². The number of carbonyl (C=O) groups is 2. The monoisotopic (exact) mass is 321 g/mol. The summed E-state index contributed by atoms with van der Waals surface area (Å²) in [6, 6.07) is 0. The maximum atomic E-state index is 12.9. The number of aliphatic carboxylic acids is 1. The second-order valence-corrected chi connectivity index (χ2v) is 6.73. The Labute approximate surface area is 127 Å². The van der Waals surface area contributed by atoms with Gasteiger partial charge in [0.05, 0.1) is 11.8 Å². The van der Waals surface area contributed by atoms with Gasteiger partial charge in [0.15, 0.2) is 0 Å². The van der Waals surface area contributed by atoms with Crippen molar-refractivity contribution in [3.05, 3.63) is 0 Å². The van der Waals surface area contributed by atoms with Crippen molar-refractivity contribution in [3.8, 4) is 0 Å². The molecule has 0 aromatic rings. The minimum atomic E-state index is -4.59. The topological polar surface area (TPSA) is 57.6 Å². The first-order valence-corrected chi connectivity index (χ1v) is 7.75. The molecule has 4 atom stereocenters. The van der Waals surface area contributed by atoms with E-state index in [0.29, 0.717) is 5.92 Å². The van der Waals surface area contributed by atoms with Gasteiger partial charge in [0.1, 0.15) is 0 Å². The van der Waals surface area contributed by atoms with Crippen molar-refractivity contribution in [1.82, 2.24) is 4.90 Å². The van der Waals surface area contributed by atoms with Gasteiger partial charge in [-0.3, -0.25) is 9.59 Å². The molecule has 2 fully saturated rings. The van der Waals surface area contributed by atoms with E-state index in [1.807, 2.05) is 0 Å². The smallest absolute Gasteiger partial charge is 0.394 e. The normalized spacial score (nSPS) is 33.0. The minimum absolute atomic E-state index is 0.212. The molecule has 0 spiro atoms. The highest BCUT2D eigenvalue weighted by atomic mass is 19.4. The Morgan fingerprint density at radius 1 is 1.23 bits per heavy atom. The van der Waals surface area contributed by atoms with E-state index in [1.165, 1.54) is 0 Å². The summed E-state index contributed by atoms with van der Waals surface area (Å²) in [6.45, 7) is 1.26. The average Bonchev–Trinajstić information content (AvgIpc) is 2.83. The quantitative estimate of drug-likeness (QED) is 0.869. The van der Waals surface area contributed by atoms with E-state index in [2.05, 4.69) is 6.92 Å². The molecule has 1 saturated heterocycles. The fourth-order valence-electron chi connectivity index (χ4n) is 3.71. The number of rotatable bonds is 3. The number of hydrogen-bond acceptors (Lipinski definition) is 2. The van der Waals surface area contributed by atoms with E-state index in [4.69, 9.17) is 5.11 Å². The first kappa shape index (κ1) is 17.1. The zero-order chi connectivity index (χ0) is 16.5. The lowest BCUT2D eigenvalue weighted by Gasteiger charge is -2.28. The van der Waals surface area contributed by atoms with Crippen LogP contribution in [0.3, 0.4) is 0 Å². The zero-order valence-corrected chi connectivity index (χ0v) is 12.6. The number of carboxylic acid groups (broad SMARTS) is 1. The molecule has 0 aromatic carbocycles. The molecule has 1 N–H and O–H groups in total. The van der Waals surface area contributed by atoms with Crippen molar-refractivity contribution >= 4 is 11.9 Å². The molecule has 0 aromatic heterocycles. The van der Waals surface area contributed by atoms with Gasteiger partial charge in [-0.1, -0.05) is 19.8 Å². The van der Waals surface area contributed by atoms with Crippen LogP contribution in [0.15, 0.2) is 0 Å². The molecule has 2 aliphatic rings. The van der Waals surface area contributed by atoms with Crippen LogP contribution in [0.1, 0.15) is 39.0 Å². The number of halogens is 3. The van der Waals surface area contributed by atoms with E-state index < -0.39 is 30.5 Å². The van der Waals surface area contributed by atoms with Crippen LogP contribution in [-0.2, 0) is 9.59 Å². The molecule has 1 heterocycles. The fraction of sp³-hybridized carbons (Fsp3) is 0.867. The maximum Gasteiger partial charge on any atom is 0.394 e. The number of amides is 1. The van der Waals surface area contributed by atoms with Gasteiger partial charge in [-0.25, -0.2) is 0 Å². The molecule has 1 aliphatic heterocycles. The lowest BCUT2D eigenvalue weighted by molar-refractivity contribution is -0.188. The number of carbonyl (C=O) groups excluding carboxylic acids is 1. The predicted molar refractivity (Wildman–Crippen MR) is 73.0 cm³/mol. The van der Waals surface area contributed by atoms with Gasteiger partial charge in [0.25, 0.3) is 0 Å². The largest absolute Gasteiger partial charge is 0.481 e. The molecule has 0 radical (unpaired) electrons. The van der Waals surface area contributed by atoms with Crippen LogP contribution in [0.2, 0.25) is 0 Å². The summed E-state index contributed by atoms with van der Waals surface area (Å²) in [4.78, 5) is 24.3. The van der Waals surface area contributed by atoms with E-state index >= 15 is 0 Å². The number of likely N-dealkylation sites (tertiary alicyclic amines) is 1. The molecule has 2 rings (SSSR count). The third-order valence-corrected chi connectivity index (χ3v) is 4.92. The van der Waals surface area contributed by atoms with Crippen LogP contribution in [0, 0.1) is 23.7 Å². The molecule has 4 nitrogen and oxygen atoms in total.